The Hall–Kier alpha value is -2.03. The van der Waals surface area contributed by atoms with Crippen LogP contribution in [0.15, 0.2) is 29.3 Å². The molecule has 9 heteroatoms. The molecule has 0 aliphatic carbocycles. The molecule has 106 valence electrons. The zero-order valence-electron chi connectivity index (χ0n) is 9.76. The number of amidine groups is 1. The minimum Gasteiger partial charge on any atom is -0.406 e. The van der Waals surface area contributed by atoms with Crippen LogP contribution in [0.2, 0.25) is 0 Å². The lowest BCUT2D eigenvalue weighted by molar-refractivity contribution is -0.274. The average molecular weight is 304 g/mol. The lowest BCUT2D eigenvalue weighted by Crippen LogP contribution is -2.25. The number of carbonyl (C=O) groups excluding carboxylic acids is 2. The van der Waals surface area contributed by atoms with Crippen LogP contribution in [0, 0.1) is 0 Å². The largest absolute Gasteiger partial charge is 0.573 e. The standard InChI is InChI=1S/C11H7F3N2O3S/c12-11(13,14)19-8-3-1-7(2-4-8)16(6-17)10-15-9(18)5-20-10/h1-4,6H,5H2. The molecule has 0 aromatic heterocycles. The van der Waals surface area contributed by atoms with Crippen molar-refractivity contribution in [1.82, 2.24) is 0 Å². The quantitative estimate of drug-likeness (QED) is 0.803. The average Bonchev–Trinajstić information content (AvgIpc) is 2.77. The van der Waals surface area contributed by atoms with Crippen LogP contribution in [0.5, 0.6) is 5.75 Å². The second kappa shape index (κ2) is 5.53. The summed E-state index contributed by atoms with van der Waals surface area (Å²) in [6, 6.07) is 4.67. The molecule has 0 radical (unpaired) electrons. The first kappa shape index (κ1) is 14.4. The molecule has 1 heterocycles. The lowest BCUT2D eigenvalue weighted by Gasteiger charge is -2.16. The zero-order chi connectivity index (χ0) is 14.8. The maximum absolute atomic E-state index is 12.0. The molecule has 2 rings (SSSR count). The van der Waals surface area contributed by atoms with Gasteiger partial charge in [-0.05, 0) is 24.3 Å². The summed E-state index contributed by atoms with van der Waals surface area (Å²) in [5.74, 6) is -0.632. The van der Waals surface area contributed by atoms with Gasteiger partial charge in [-0.25, -0.2) is 0 Å². The monoisotopic (exact) mass is 304 g/mol. The Labute approximate surface area is 115 Å². The zero-order valence-corrected chi connectivity index (χ0v) is 10.6. The van der Waals surface area contributed by atoms with Crippen molar-refractivity contribution in [2.45, 2.75) is 6.36 Å². The summed E-state index contributed by atoms with van der Waals surface area (Å²) >= 11 is 1.08. The van der Waals surface area contributed by atoms with Crippen molar-refractivity contribution in [3.63, 3.8) is 0 Å². The number of thioether (sulfide) groups is 1. The number of benzene rings is 1. The van der Waals surface area contributed by atoms with Gasteiger partial charge in [0.05, 0.1) is 11.4 Å². The lowest BCUT2D eigenvalue weighted by atomic mass is 10.3. The number of carbonyl (C=O) groups is 2. The highest BCUT2D eigenvalue weighted by Crippen LogP contribution is 2.27. The fourth-order valence-electron chi connectivity index (χ4n) is 1.45. The van der Waals surface area contributed by atoms with E-state index in [0.717, 1.165) is 28.8 Å². The van der Waals surface area contributed by atoms with Crippen LogP contribution >= 0.6 is 11.8 Å². The predicted molar refractivity (Wildman–Crippen MR) is 66.6 cm³/mol. The number of aliphatic imine (C=N–C) groups is 1. The van der Waals surface area contributed by atoms with E-state index in [0.29, 0.717) is 6.41 Å². The van der Waals surface area contributed by atoms with Gasteiger partial charge in [0.1, 0.15) is 5.75 Å². The van der Waals surface area contributed by atoms with Crippen LogP contribution in [-0.2, 0) is 9.59 Å². The van der Waals surface area contributed by atoms with E-state index in [4.69, 9.17) is 0 Å². The van der Waals surface area contributed by atoms with E-state index in [2.05, 4.69) is 9.73 Å². The van der Waals surface area contributed by atoms with Crippen LogP contribution in [0.4, 0.5) is 18.9 Å². The second-order valence-electron chi connectivity index (χ2n) is 3.59. The molecule has 1 aromatic carbocycles. The normalized spacial score (nSPS) is 14.9. The molecular formula is C11H7F3N2O3S. The Morgan fingerprint density at radius 1 is 1.30 bits per heavy atom. The van der Waals surface area contributed by atoms with Crippen molar-refractivity contribution < 1.29 is 27.5 Å². The molecule has 0 saturated carbocycles. The van der Waals surface area contributed by atoms with Gasteiger partial charge in [0.25, 0.3) is 5.91 Å². The number of hydrogen-bond acceptors (Lipinski definition) is 4. The van der Waals surface area contributed by atoms with Gasteiger partial charge in [0, 0.05) is 0 Å². The molecule has 0 saturated heterocycles. The van der Waals surface area contributed by atoms with Gasteiger partial charge >= 0.3 is 6.36 Å². The van der Waals surface area contributed by atoms with Crippen LogP contribution in [-0.4, -0.2) is 29.6 Å². The number of rotatable bonds is 3. The molecule has 0 bridgehead atoms. The van der Waals surface area contributed by atoms with E-state index >= 15 is 0 Å². The predicted octanol–water partition coefficient (Wildman–Crippen LogP) is 2.18. The summed E-state index contributed by atoms with van der Waals surface area (Å²) in [6.45, 7) is 0. The highest BCUT2D eigenvalue weighted by atomic mass is 32.2. The number of nitrogens with zero attached hydrogens (tertiary/aromatic N) is 2. The summed E-state index contributed by atoms with van der Waals surface area (Å²) in [4.78, 5) is 26.8. The van der Waals surface area contributed by atoms with Gasteiger partial charge in [0.15, 0.2) is 5.17 Å². The fraction of sp³-hybridized carbons (Fsp3) is 0.182. The Bertz CT molecular complexity index is 557. The van der Waals surface area contributed by atoms with Gasteiger partial charge in [-0.2, -0.15) is 4.99 Å². The Morgan fingerprint density at radius 2 is 1.95 bits per heavy atom. The van der Waals surface area contributed by atoms with Crippen LogP contribution < -0.4 is 9.64 Å². The van der Waals surface area contributed by atoms with Crippen LogP contribution in [0.25, 0.3) is 0 Å². The van der Waals surface area contributed by atoms with E-state index in [1.165, 1.54) is 12.1 Å². The first-order chi connectivity index (χ1) is 9.39. The van der Waals surface area contributed by atoms with Crippen LogP contribution in [0.1, 0.15) is 0 Å². The number of amides is 2. The number of ether oxygens (including phenoxy) is 1. The molecule has 5 nitrogen and oxygen atoms in total. The Kier molecular flexibility index (Phi) is 3.98. The highest BCUT2D eigenvalue weighted by molar-refractivity contribution is 8.15. The van der Waals surface area contributed by atoms with Gasteiger partial charge in [-0.1, -0.05) is 11.8 Å². The summed E-state index contributed by atoms with van der Waals surface area (Å²) < 4.78 is 39.7. The molecule has 0 spiro atoms. The molecular weight excluding hydrogens is 297 g/mol. The summed E-state index contributed by atoms with van der Waals surface area (Å²) in [5.41, 5.74) is 0.287. The summed E-state index contributed by atoms with van der Waals surface area (Å²) in [5, 5.41) is 0.189. The number of alkyl halides is 3. The van der Waals surface area contributed by atoms with E-state index in [1.54, 1.807) is 0 Å². The minimum atomic E-state index is -4.77. The second-order valence-corrected chi connectivity index (χ2v) is 4.54. The van der Waals surface area contributed by atoms with Crippen molar-refractivity contribution in [2.75, 3.05) is 10.7 Å². The molecule has 0 unspecified atom stereocenters. The summed E-state index contributed by atoms with van der Waals surface area (Å²) in [6.07, 6.45) is -4.34. The van der Waals surface area contributed by atoms with Crippen molar-refractivity contribution in [1.29, 1.82) is 0 Å². The third kappa shape index (κ3) is 3.50. The third-order valence-corrected chi connectivity index (χ3v) is 3.14. The van der Waals surface area contributed by atoms with E-state index in [1.807, 2.05) is 0 Å². The van der Waals surface area contributed by atoms with Crippen molar-refractivity contribution in [3.8, 4) is 5.75 Å². The fourth-order valence-corrected chi connectivity index (χ4v) is 2.22. The number of anilines is 1. The first-order valence-electron chi connectivity index (χ1n) is 5.24. The highest BCUT2D eigenvalue weighted by Gasteiger charge is 2.31. The van der Waals surface area contributed by atoms with E-state index in [-0.39, 0.29) is 22.5 Å². The van der Waals surface area contributed by atoms with Gasteiger partial charge in [0.2, 0.25) is 6.41 Å². The third-order valence-electron chi connectivity index (χ3n) is 2.21. The molecule has 0 N–H and O–H groups in total. The van der Waals surface area contributed by atoms with Crippen molar-refractivity contribution >= 4 is 34.9 Å². The molecule has 20 heavy (non-hydrogen) atoms. The Balaban J connectivity index is 2.18. The first-order valence-corrected chi connectivity index (χ1v) is 6.22. The number of hydrogen-bond donors (Lipinski definition) is 0. The molecule has 1 aliphatic heterocycles. The van der Waals surface area contributed by atoms with Crippen molar-refractivity contribution in [3.05, 3.63) is 24.3 Å². The van der Waals surface area contributed by atoms with Gasteiger partial charge in [-0.15, -0.1) is 13.2 Å². The van der Waals surface area contributed by atoms with Gasteiger partial charge < -0.3 is 4.74 Å². The molecule has 0 fully saturated rings. The van der Waals surface area contributed by atoms with E-state index in [9.17, 15) is 22.8 Å². The Morgan fingerprint density at radius 3 is 2.40 bits per heavy atom. The van der Waals surface area contributed by atoms with Crippen molar-refractivity contribution in [2.24, 2.45) is 4.99 Å². The molecule has 1 aromatic rings. The number of halogens is 3. The minimum absolute atomic E-state index is 0.134. The maximum atomic E-state index is 12.0. The molecule has 0 atom stereocenters. The van der Waals surface area contributed by atoms with Gasteiger partial charge in [-0.3, -0.25) is 14.5 Å². The topological polar surface area (TPSA) is 59.0 Å². The molecule has 1 aliphatic rings. The molecule has 2 amide bonds. The van der Waals surface area contributed by atoms with E-state index < -0.39 is 12.1 Å². The summed E-state index contributed by atoms with van der Waals surface area (Å²) in [7, 11) is 0. The maximum Gasteiger partial charge on any atom is 0.573 e. The smallest absolute Gasteiger partial charge is 0.406 e. The van der Waals surface area contributed by atoms with Crippen LogP contribution in [0.3, 0.4) is 0 Å². The SMILES string of the molecule is O=CN(C1=NC(=O)CS1)c1ccc(OC(F)(F)F)cc1.